The molecule has 8 nitrogen and oxygen atoms in total. The normalized spacial score (nSPS) is 10.2. The van der Waals surface area contributed by atoms with Crippen LogP contribution < -0.4 is 0 Å². The van der Waals surface area contributed by atoms with Gasteiger partial charge in [0.15, 0.2) is 0 Å². The largest absolute Gasteiger partial charge is 0.462 e. The number of azide groups is 2. The summed E-state index contributed by atoms with van der Waals surface area (Å²) in [6.45, 7) is 1.81. The van der Waals surface area contributed by atoms with E-state index in [1.165, 1.54) is 17.4 Å². The van der Waals surface area contributed by atoms with Gasteiger partial charge in [-0.3, -0.25) is 0 Å². The van der Waals surface area contributed by atoms with Crippen molar-refractivity contribution in [1.82, 2.24) is 0 Å². The van der Waals surface area contributed by atoms with Crippen molar-refractivity contribution in [2.45, 2.75) is 6.92 Å². The number of carbonyl (C=O) groups excluding carboxylic acids is 1. The zero-order valence-electron chi connectivity index (χ0n) is 9.35. The molecule has 0 spiro atoms. The highest BCUT2D eigenvalue weighted by Gasteiger charge is 2.10. The number of hydrogen-bond acceptors (Lipinski definition) is 5. The Hall–Kier alpha value is -2.47. The molecule has 1 aromatic rings. The fourth-order valence-corrected chi connectivity index (χ4v) is 1.81. The summed E-state index contributed by atoms with van der Waals surface area (Å²) in [4.78, 5) is 17.2. The van der Waals surface area contributed by atoms with Crippen LogP contribution in [0.5, 0.6) is 0 Å². The van der Waals surface area contributed by atoms with Crippen LogP contribution in [0.25, 0.3) is 27.0 Å². The van der Waals surface area contributed by atoms with Gasteiger partial charge in [-0.05, 0) is 35.5 Å². The van der Waals surface area contributed by atoms with Gasteiger partial charge in [-0.15, -0.1) is 11.3 Å². The van der Waals surface area contributed by atoms with Gasteiger partial charge in [-0.1, -0.05) is 10.2 Å². The van der Waals surface area contributed by atoms with E-state index in [0.717, 1.165) is 0 Å². The number of hydrogen-bond donors (Lipinski definition) is 0. The van der Waals surface area contributed by atoms with Crippen LogP contribution in [0, 0.1) is 0 Å². The number of thiophene rings is 1. The van der Waals surface area contributed by atoms with Crippen LogP contribution in [0.4, 0.5) is 5.69 Å². The van der Waals surface area contributed by atoms with E-state index in [-0.39, 0.29) is 12.3 Å². The van der Waals surface area contributed by atoms with Crippen LogP contribution in [-0.2, 0) is 9.53 Å². The zero-order chi connectivity index (χ0) is 13.4. The maximum atomic E-state index is 11.5. The molecule has 0 aliphatic heterocycles. The fraction of sp³-hybridized carbons (Fsp3) is 0.222. The minimum absolute atomic E-state index is 0.171. The third-order valence-corrected chi connectivity index (χ3v) is 2.58. The first-order chi connectivity index (χ1) is 8.72. The number of esters is 1. The van der Waals surface area contributed by atoms with Crippen LogP contribution in [-0.4, -0.2) is 12.6 Å². The van der Waals surface area contributed by atoms with Crippen molar-refractivity contribution in [3.63, 3.8) is 0 Å². The predicted octanol–water partition coefficient (Wildman–Crippen LogP) is 3.90. The molecule has 1 heterocycles. The summed E-state index contributed by atoms with van der Waals surface area (Å²) in [5, 5.41) is 8.39. The first kappa shape index (κ1) is 13.6. The van der Waals surface area contributed by atoms with E-state index in [2.05, 4.69) is 20.1 Å². The maximum Gasteiger partial charge on any atom is 0.340 e. The average molecular weight is 264 g/mol. The molecule has 0 aliphatic carbocycles. The van der Waals surface area contributed by atoms with Gasteiger partial charge in [0.2, 0.25) is 0 Å². The first-order valence-corrected chi connectivity index (χ1v) is 5.67. The molecule has 0 aromatic carbocycles. The summed E-state index contributed by atoms with van der Waals surface area (Å²) >= 11 is 1.25. The number of nitrogens with zero attached hydrogens (tertiary/aromatic N) is 6. The Kier molecular flexibility index (Phi) is 5.27. The van der Waals surface area contributed by atoms with Crippen molar-refractivity contribution < 1.29 is 9.53 Å². The summed E-state index contributed by atoms with van der Waals surface area (Å²) in [6, 6.07) is 1.59. The standard InChI is InChI=1S/C9H8N6O2S/c1-2-17-9(16)7(13-15-11)5-8-6(12-14-10)3-4-18-8/h3-5H,2H2,1H3/b7-5-. The topological polar surface area (TPSA) is 124 Å². The lowest BCUT2D eigenvalue weighted by molar-refractivity contribution is -0.138. The van der Waals surface area contributed by atoms with Crippen molar-refractivity contribution in [2.24, 2.45) is 10.2 Å². The molecule has 1 aromatic heterocycles. The second-order valence-corrected chi connectivity index (χ2v) is 3.75. The highest BCUT2D eigenvalue weighted by molar-refractivity contribution is 7.11. The summed E-state index contributed by atoms with van der Waals surface area (Å²) in [5.41, 5.74) is 16.9. The molecule has 0 atom stereocenters. The van der Waals surface area contributed by atoms with Gasteiger partial charge in [0.25, 0.3) is 0 Å². The van der Waals surface area contributed by atoms with E-state index < -0.39 is 5.97 Å². The van der Waals surface area contributed by atoms with Crippen molar-refractivity contribution in [2.75, 3.05) is 6.61 Å². The molecule has 0 aliphatic rings. The summed E-state index contributed by atoms with van der Waals surface area (Å²) < 4.78 is 4.73. The molecule has 0 saturated carbocycles. The molecular weight excluding hydrogens is 256 g/mol. The van der Waals surface area contributed by atoms with Crippen LogP contribution >= 0.6 is 11.3 Å². The highest BCUT2D eigenvalue weighted by Crippen LogP contribution is 2.28. The summed E-state index contributed by atoms with van der Waals surface area (Å²) in [6.07, 6.45) is 1.33. The SMILES string of the molecule is CCOC(=O)/C(=C/c1sccc1N=[N+]=[N-])N=[N+]=[N-]. The van der Waals surface area contributed by atoms with Crippen molar-refractivity contribution >= 4 is 29.1 Å². The third kappa shape index (κ3) is 3.53. The molecule has 0 unspecified atom stereocenters. The van der Waals surface area contributed by atoms with Gasteiger partial charge in [0, 0.05) is 14.7 Å². The molecule has 92 valence electrons. The van der Waals surface area contributed by atoms with Crippen molar-refractivity contribution in [3.05, 3.63) is 42.9 Å². The smallest absolute Gasteiger partial charge is 0.340 e. The molecule has 18 heavy (non-hydrogen) atoms. The maximum absolute atomic E-state index is 11.5. The van der Waals surface area contributed by atoms with Gasteiger partial charge < -0.3 is 4.74 Å². The van der Waals surface area contributed by atoms with Crippen LogP contribution in [0.1, 0.15) is 11.8 Å². The fourth-order valence-electron chi connectivity index (χ4n) is 1.06. The molecule has 0 bridgehead atoms. The van der Waals surface area contributed by atoms with Gasteiger partial charge in [0.1, 0.15) is 5.70 Å². The monoisotopic (exact) mass is 264 g/mol. The number of ether oxygens (including phenoxy) is 1. The molecular formula is C9H8N6O2S. The van der Waals surface area contributed by atoms with E-state index >= 15 is 0 Å². The Morgan fingerprint density at radius 2 is 2.33 bits per heavy atom. The summed E-state index contributed by atoms with van der Waals surface area (Å²) in [5.74, 6) is -0.726. The molecule has 0 N–H and O–H groups in total. The highest BCUT2D eigenvalue weighted by atomic mass is 32.1. The minimum atomic E-state index is -0.726. The molecule has 0 radical (unpaired) electrons. The minimum Gasteiger partial charge on any atom is -0.462 e. The molecule has 0 amide bonds. The molecule has 1 rings (SSSR count). The predicted molar refractivity (Wildman–Crippen MR) is 66.9 cm³/mol. The Labute approximate surface area is 106 Å². The third-order valence-electron chi connectivity index (χ3n) is 1.73. The van der Waals surface area contributed by atoms with E-state index in [0.29, 0.717) is 10.6 Å². The Morgan fingerprint density at radius 3 is 2.94 bits per heavy atom. The lowest BCUT2D eigenvalue weighted by atomic mass is 10.3. The Bertz CT molecular complexity index is 565. The zero-order valence-corrected chi connectivity index (χ0v) is 10.2. The second kappa shape index (κ2) is 6.97. The van der Waals surface area contributed by atoms with E-state index in [1.54, 1.807) is 18.4 Å². The van der Waals surface area contributed by atoms with E-state index in [4.69, 9.17) is 15.8 Å². The van der Waals surface area contributed by atoms with Gasteiger partial charge in [-0.25, -0.2) is 4.79 Å². The lowest BCUT2D eigenvalue weighted by Gasteiger charge is -2.00. The lowest BCUT2D eigenvalue weighted by Crippen LogP contribution is -2.05. The van der Waals surface area contributed by atoms with E-state index in [9.17, 15) is 4.79 Å². The average Bonchev–Trinajstić information content (AvgIpc) is 2.77. The van der Waals surface area contributed by atoms with Gasteiger partial charge >= 0.3 is 5.97 Å². The number of rotatable bonds is 5. The molecule has 0 fully saturated rings. The van der Waals surface area contributed by atoms with Crippen LogP contribution in [0.3, 0.4) is 0 Å². The Balaban J connectivity index is 3.15. The second-order valence-electron chi connectivity index (χ2n) is 2.80. The van der Waals surface area contributed by atoms with Crippen molar-refractivity contribution in [1.29, 1.82) is 0 Å². The quantitative estimate of drug-likeness (QED) is 0.263. The molecule has 9 heteroatoms. The summed E-state index contributed by atoms with van der Waals surface area (Å²) in [7, 11) is 0. The van der Waals surface area contributed by atoms with Crippen LogP contribution in [0.2, 0.25) is 0 Å². The Morgan fingerprint density at radius 1 is 1.56 bits per heavy atom. The van der Waals surface area contributed by atoms with Gasteiger partial charge in [-0.2, -0.15) is 0 Å². The van der Waals surface area contributed by atoms with Gasteiger partial charge in [0.05, 0.1) is 12.3 Å². The first-order valence-electron chi connectivity index (χ1n) is 4.79. The van der Waals surface area contributed by atoms with Crippen LogP contribution in [0.15, 0.2) is 27.4 Å². The van der Waals surface area contributed by atoms with E-state index in [1.807, 2.05) is 0 Å². The van der Waals surface area contributed by atoms with Crippen molar-refractivity contribution in [3.8, 4) is 0 Å². The molecule has 0 saturated heterocycles. The number of carbonyl (C=O) groups is 1.